The van der Waals surface area contributed by atoms with E-state index >= 15 is 0 Å². The van der Waals surface area contributed by atoms with Gasteiger partial charge in [0, 0.05) is 27.8 Å². The van der Waals surface area contributed by atoms with E-state index in [9.17, 15) is 4.39 Å². The molecule has 0 aliphatic heterocycles. The smallest absolute Gasteiger partial charge is 0.124 e. The minimum Gasteiger partial charge on any atom is -0.488 e. The lowest BCUT2D eigenvalue weighted by molar-refractivity contribution is 0.303. The Labute approximate surface area is 180 Å². The monoisotopic (exact) mass is 487 g/mol. The van der Waals surface area contributed by atoms with E-state index in [4.69, 9.17) is 39.5 Å². The zero-order valence-electron chi connectivity index (χ0n) is 13.9. The van der Waals surface area contributed by atoms with E-state index in [1.54, 1.807) is 18.2 Å². The summed E-state index contributed by atoms with van der Waals surface area (Å²) >= 11 is 21.5. The molecule has 0 heterocycles. The van der Waals surface area contributed by atoms with Gasteiger partial charge in [0.1, 0.15) is 18.2 Å². The first-order chi connectivity index (χ1) is 12.9. The van der Waals surface area contributed by atoms with Crippen molar-refractivity contribution in [3.63, 3.8) is 0 Å². The number of hydrogen-bond donors (Lipinski definition) is 1. The summed E-state index contributed by atoms with van der Waals surface area (Å²) in [6.07, 6.45) is 0. The molecule has 0 aromatic heterocycles. The summed E-state index contributed by atoms with van der Waals surface area (Å²) in [5.41, 5.74) is 2.50. The second kappa shape index (κ2) is 9.16. The Hall–Kier alpha value is -1.46. The maximum atomic E-state index is 13.2. The van der Waals surface area contributed by atoms with Gasteiger partial charge >= 0.3 is 0 Å². The minimum atomic E-state index is -0.376. The van der Waals surface area contributed by atoms with Gasteiger partial charge < -0.3 is 10.1 Å². The molecule has 0 amide bonds. The van der Waals surface area contributed by atoms with Crippen LogP contribution < -0.4 is 10.1 Å². The third-order valence-electron chi connectivity index (χ3n) is 3.82. The van der Waals surface area contributed by atoms with Crippen LogP contribution in [0, 0.1) is 5.82 Å². The Morgan fingerprint density at radius 3 is 2.41 bits per heavy atom. The van der Waals surface area contributed by atoms with Crippen LogP contribution in [0.15, 0.2) is 59.1 Å². The van der Waals surface area contributed by atoms with Crippen molar-refractivity contribution >= 4 is 56.4 Å². The minimum absolute atomic E-state index is 0.237. The zero-order chi connectivity index (χ0) is 19.4. The normalized spacial score (nSPS) is 10.7. The van der Waals surface area contributed by atoms with Gasteiger partial charge in [-0.2, -0.15) is 0 Å². The van der Waals surface area contributed by atoms with Crippen LogP contribution in [-0.4, -0.2) is 0 Å². The Bertz CT molecular complexity index is 968. The van der Waals surface area contributed by atoms with E-state index in [-0.39, 0.29) is 12.4 Å². The molecule has 0 aliphatic carbocycles. The molecule has 0 spiro atoms. The van der Waals surface area contributed by atoms with Crippen LogP contribution >= 0.6 is 50.7 Å². The predicted molar refractivity (Wildman–Crippen MR) is 114 cm³/mol. The summed E-state index contributed by atoms with van der Waals surface area (Å²) in [6.45, 7) is 0.754. The lowest BCUT2D eigenvalue weighted by atomic mass is 10.2. The van der Waals surface area contributed by atoms with Gasteiger partial charge in [0.15, 0.2) is 0 Å². The molecular weight excluding hydrogens is 475 g/mol. The molecule has 0 radical (unpaired) electrons. The fraction of sp³-hybridized carbons (Fsp3) is 0.100. The molecule has 0 unspecified atom stereocenters. The SMILES string of the molecule is Fc1ccc(COc2ccc(Br)cc2CNc2ccc(Cl)c(Cl)c2)c(Cl)c1. The number of anilines is 1. The Morgan fingerprint density at radius 2 is 1.67 bits per heavy atom. The van der Waals surface area contributed by atoms with Crippen LogP contribution in [0.3, 0.4) is 0 Å². The highest BCUT2D eigenvalue weighted by Crippen LogP contribution is 2.28. The van der Waals surface area contributed by atoms with Gasteiger partial charge in [0.2, 0.25) is 0 Å². The number of benzene rings is 3. The van der Waals surface area contributed by atoms with Gasteiger partial charge in [-0.3, -0.25) is 0 Å². The average Bonchev–Trinajstić information content (AvgIpc) is 2.63. The third kappa shape index (κ3) is 5.52. The van der Waals surface area contributed by atoms with Crippen molar-refractivity contribution in [2.24, 2.45) is 0 Å². The van der Waals surface area contributed by atoms with Crippen LogP contribution in [0.25, 0.3) is 0 Å². The molecule has 140 valence electrons. The van der Waals surface area contributed by atoms with E-state index in [1.807, 2.05) is 24.3 Å². The van der Waals surface area contributed by atoms with Crippen LogP contribution in [0.1, 0.15) is 11.1 Å². The van der Waals surface area contributed by atoms with E-state index in [0.29, 0.717) is 32.9 Å². The summed E-state index contributed by atoms with van der Waals surface area (Å²) in [6, 6.07) is 15.3. The van der Waals surface area contributed by atoms with Gasteiger partial charge in [-0.15, -0.1) is 0 Å². The number of rotatable bonds is 6. The Morgan fingerprint density at radius 1 is 0.852 bits per heavy atom. The van der Waals surface area contributed by atoms with Gasteiger partial charge in [0.25, 0.3) is 0 Å². The molecule has 0 saturated carbocycles. The van der Waals surface area contributed by atoms with Gasteiger partial charge in [0.05, 0.1) is 15.1 Å². The summed E-state index contributed by atoms with van der Waals surface area (Å²) in [5, 5.41) is 4.62. The summed E-state index contributed by atoms with van der Waals surface area (Å²) in [4.78, 5) is 0. The lowest BCUT2D eigenvalue weighted by Crippen LogP contribution is -2.04. The highest BCUT2D eigenvalue weighted by molar-refractivity contribution is 9.10. The predicted octanol–water partition coefficient (Wildman–Crippen LogP) is 7.74. The summed E-state index contributed by atoms with van der Waals surface area (Å²) < 4.78 is 20.0. The van der Waals surface area contributed by atoms with Crippen molar-refractivity contribution in [3.05, 3.63) is 91.1 Å². The van der Waals surface area contributed by atoms with E-state index in [0.717, 1.165) is 15.7 Å². The molecule has 3 rings (SSSR count). The fourth-order valence-electron chi connectivity index (χ4n) is 2.42. The number of nitrogens with one attached hydrogen (secondary N) is 1. The summed E-state index contributed by atoms with van der Waals surface area (Å²) in [7, 11) is 0. The first-order valence-electron chi connectivity index (χ1n) is 7.96. The van der Waals surface area contributed by atoms with Gasteiger partial charge in [-0.05, 0) is 48.5 Å². The van der Waals surface area contributed by atoms with Crippen LogP contribution in [0.2, 0.25) is 15.1 Å². The molecule has 27 heavy (non-hydrogen) atoms. The highest BCUT2D eigenvalue weighted by Gasteiger charge is 2.08. The molecule has 0 atom stereocenters. The molecule has 0 saturated heterocycles. The second-order valence-corrected chi connectivity index (χ2v) is 7.90. The average molecular weight is 490 g/mol. The second-order valence-electron chi connectivity index (χ2n) is 5.76. The summed E-state index contributed by atoms with van der Waals surface area (Å²) in [5.74, 6) is 0.324. The quantitative estimate of drug-likeness (QED) is 0.382. The Kier molecular flexibility index (Phi) is 6.88. The van der Waals surface area contributed by atoms with E-state index in [1.165, 1.54) is 12.1 Å². The van der Waals surface area contributed by atoms with E-state index < -0.39 is 0 Å². The van der Waals surface area contributed by atoms with E-state index in [2.05, 4.69) is 21.2 Å². The van der Waals surface area contributed by atoms with Crippen molar-refractivity contribution in [1.29, 1.82) is 0 Å². The van der Waals surface area contributed by atoms with Crippen LogP contribution in [0.5, 0.6) is 5.75 Å². The number of ether oxygens (including phenoxy) is 1. The van der Waals surface area contributed by atoms with Crippen molar-refractivity contribution < 1.29 is 9.13 Å². The van der Waals surface area contributed by atoms with Crippen LogP contribution in [-0.2, 0) is 13.2 Å². The fourth-order valence-corrected chi connectivity index (χ4v) is 3.35. The number of halogens is 5. The van der Waals surface area contributed by atoms with Crippen molar-refractivity contribution in [2.45, 2.75) is 13.2 Å². The maximum Gasteiger partial charge on any atom is 0.124 e. The van der Waals surface area contributed by atoms with Gasteiger partial charge in [-0.25, -0.2) is 4.39 Å². The molecule has 2 nitrogen and oxygen atoms in total. The Balaban J connectivity index is 1.73. The molecule has 3 aromatic carbocycles. The topological polar surface area (TPSA) is 21.3 Å². The lowest BCUT2D eigenvalue weighted by Gasteiger charge is -2.14. The molecule has 7 heteroatoms. The van der Waals surface area contributed by atoms with Crippen molar-refractivity contribution in [2.75, 3.05) is 5.32 Å². The molecule has 3 aromatic rings. The third-order valence-corrected chi connectivity index (χ3v) is 5.41. The largest absolute Gasteiger partial charge is 0.488 e. The highest BCUT2D eigenvalue weighted by atomic mass is 79.9. The maximum absolute atomic E-state index is 13.2. The zero-order valence-corrected chi connectivity index (χ0v) is 17.8. The van der Waals surface area contributed by atoms with Crippen molar-refractivity contribution in [1.82, 2.24) is 0 Å². The molecule has 0 bridgehead atoms. The van der Waals surface area contributed by atoms with Gasteiger partial charge in [-0.1, -0.05) is 56.8 Å². The molecule has 1 N–H and O–H groups in total. The number of hydrogen-bond acceptors (Lipinski definition) is 2. The first-order valence-corrected chi connectivity index (χ1v) is 9.89. The van der Waals surface area contributed by atoms with Crippen LogP contribution in [0.4, 0.5) is 10.1 Å². The molecule has 0 fully saturated rings. The molecule has 0 aliphatic rings. The van der Waals surface area contributed by atoms with Crippen molar-refractivity contribution in [3.8, 4) is 5.75 Å². The molecular formula is C20H14BrCl3FNO. The standard InChI is InChI=1S/C20H14BrCl3FNO/c21-14-2-6-20(27-11-12-1-3-15(25)8-18(12)23)13(7-14)10-26-16-4-5-17(22)19(24)9-16/h1-9,26H,10-11H2. The first kappa shape index (κ1) is 20.3.